The predicted molar refractivity (Wildman–Crippen MR) is 46.5 cm³/mol. The highest BCUT2D eigenvalue weighted by Gasteiger charge is 2.20. The summed E-state index contributed by atoms with van der Waals surface area (Å²) in [4.78, 5) is 2.23. The third-order valence-electron chi connectivity index (χ3n) is 2.59. The lowest BCUT2D eigenvalue weighted by molar-refractivity contribution is 0.0770. The van der Waals surface area contributed by atoms with E-state index < -0.39 is 0 Å². The molecule has 0 bridgehead atoms. The van der Waals surface area contributed by atoms with Crippen LogP contribution in [0.4, 0.5) is 0 Å². The predicted octanol–water partition coefficient (Wildman–Crippen LogP) is 0.654. The molecule has 1 fully saturated rings. The Hall–Kier alpha value is -0.120. The van der Waals surface area contributed by atoms with Gasteiger partial charge in [0.1, 0.15) is 0 Å². The van der Waals surface area contributed by atoms with Gasteiger partial charge in [0.05, 0.1) is 6.61 Å². The highest BCUT2D eigenvalue weighted by Crippen LogP contribution is 2.18. The molecule has 0 amide bonds. The van der Waals surface area contributed by atoms with Crippen LogP contribution in [0.1, 0.15) is 25.7 Å². The van der Waals surface area contributed by atoms with Crippen LogP contribution in [0.2, 0.25) is 0 Å². The smallest absolute Gasteiger partial charge is 0.0949 e. The number of rotatable bonds is 4. The monoisotopic (exact) mass is 172 g/mol. The number of aliphatic hydroxyl groups is 1. The summed E-state index contributed by atoms with van der Waals surface area (Å²) in [5, 5.41) is 19.2. The van der Waals surface area contributed by atoms with E-state index in [9.17, 15) is 5.11 Å². The maximum Gasteiger partial charge on any atom is 0.0949 e. The molecule has 1 aliphatic heterocycles. The molecule has 0 aromatic carbocycles. The highest BCUT2D eigenvalue weighted by atomic mass is 16.3. The van der Waals surface area contributed by atoms with Crippen LogP contribution in [-0.4, -0.2) is 42.4 Å². The van der Waals surface area contributed by atoms with Crippen LogP contribution in [0.5, 0.6) is 0 Å². The Bertz CT molecular complexity index is 101. The Morgan fingerprint density at radius 2 is 2.25 bits per heavy atom. The zero-order valence-electron chi connectivity index (χ0n) is 7.54. The second kappa shape index (κ2) is 5.51. The van der Waals surface area contributed by atoms with E-state index >= 15 is 0 Å². The van der Waals surface area contributed by atoms with Crippen molar-refractivity contribution < 1.29 is 10.2 Å². The lowest BCUT2D eigenvalue weighted by Crippen LogP contribution is -2.41. The molecule has 1 saturated heterocycles. The number of aliphatic hydroxyl groups excluding tert-OH is 1. The average molecular weight is 172 g/mol. The maximum atomic E-state index is 10.4. The van der Waals surface area contributed by atoms with E-state index in [4.69, 9.17) is 5.11 Å². The summed E-state index contributed by atoms with van der Waals surface area (Å²) in [5.74, 6) is 0. The third-order valence-corrected chi connectivity index (χ3v) is 2.59. The van der Waals surface area contributed by atoms with Crippen molar-refractivity contribution in [2.45, 2.75) is 31.7 Å². The first-order valence-electron chi connectivity index (χ1n) is 4.81. The van der Waals surface area contributed by atoms with Gasteiger partial charge in [-0.05, 0) is 25.8 Å². The summed E-state index contributed by atoms with van der Waals surface area (Å²) < 4.78 is 0. The number of piperidine rings is 1. The van der Waals surface area contributed by atoms with E-state index in [1.54, 1.807) is 0 Å². The summed E-state index contributed by atoms with van der Waals surface area (Å²) in [5.41, 5.74) is 0. The number of nitrogens with zero attached hydrogens (tertiary/aromatic N) is 1. The van der Waals surface area contributed by atoms with Crippen molar-refractivity contribution >= 4 is 0 Å². The minimum absolute atomic E-state index is 0.0120. The molecule has 1 unspecified atom stereocenters. The second-order valence-electron chi connectivity index (χ2n) is 3.40. The molecule has 1 aliphatic rings. The molecule has 12 heavy (non-hydrogen) atoms. The van der Waals surface area contributed by atoms with E-state index in [2.05, 4.69) is 4.90 Å². The standard InChI is InChI=1S/C9H18NO2/c11-7-4-9-3-1-2-5-10(9)6-8-12/h9,11H,1-8H2. The normalized spacial score (nSPS) is 26.0. The Balaban J connectivity index is 2.31. The molecule has 1 radical (unpaired) electrons. The summed E-state index contributed by atoms with van der Waals surface area (Å²) in [6, 6.07) is 0.470. The van der Waals surface area contributed by atoms with Crippen LogP contribution in [-0.2, 0) is 5.11 Å². The average Bonchev–Trinajstić information content (AvgIpc) is 2.09. The van der Waals surface area contributed by atoms with Crippen molar-refractivity contribution in [2.75, 3.05) is 26.3 Å². The van der Waals surface area contributed by atoms with Crippen LogP contribution in [0, 0.1) is 0 Å². The summed E-state index contributed by atoms with van der Waals surface area (Å²) in [6.45, 7) is 1.94. The fourth-order valence-electron chi connectivity index (χ4n) is 1.95. The van der Waals surface area contributed by atoms with Crippen molar-refractivity contribution in [3.05, 3.63) is 0 Å². The number of likely N-dealkylation sites (tertiary alicyclic amines) is 1. The van der Waals surface area contributed by atoms with Crippen molar-refractivity contribution in [2.24, 2.45) is 0 Å². The molecule has 1 rings (SSSR count). The van der Waals surface area contributed by atoms with Crippen molar-refractivity contribution in [3.63, 3.8) is 0 Å². The quantitative estimate of drug-likeness (QED) is 0.676. The lowest BCUT2D eigenvalue weighted by atomic mass is 10.00. The lowest BCUT2D eigenvalue weighted by Gasteiger charge is -2.34. The van der Waals surface area contributed by atoms with Gasteiger partial charge in [0.15, 0.2) is 0 Å². The summed E-state index contributed by atoms with van der Waals surface area (Å²) in [6.07, 6.45) is 4.45. The largest absolute Gasteiger partial charge is 0.396 e. The topological polar surface area (TPSA) is 43.4 Å². The fourth-order valence-corrected chi connectivity index (χ4v) is 1.95. The summed E-state index contributed by atoms with van der Waals surface area (Å²) >= 11 is 0. The molecule has 3 heteroatoms. The van der Waals surface area contributed by atoms with Crippen LogP contribution in [0.3, 0.4) is 0 Å². The molecule has 0 aromatic heterocycles. The molecule has 0 spiro atoms. The molecule has 0 aromatic rings. The van der Waals surface area contributed by atoms with Gasteiger partial charge in [0, 0.05) is 19.2 Å². The van der Waals surface area contributed by atoms with Crippen LogP contribution in [0.15, 0.2) is 0 Å². The van der Waals surface area contributed by atoms with Gasteiger partial charge >= 0.3 is 0 Å². The van der Waals surface area contributed by atoms with E-state index in [0.29, 0.717) is 12.6 Å². The molecule has 1 N–H and O–H groups in total. The Morgan fingerprint density at radius 1 is 1.42 bits per heavy atom. The Morgan fingerprint density at radius 3 is 2.92 bits per heavy atom. The van der Waals surface area contributed by atoms with Gasteiger partial charge in [-0.2, -0.15) is 0 Å². The van der Waals surface area contributed by atoms with Crippen molar-refractivity contribution in [3.8, 4) is 0 Å². The van der Waals surface area contributed by atoms with Crippen LogP contribution >= 0.6 is 0 Å². The minimum atomic E-state index is -0.0120. The van der Waals surface area contributed by atoms with Crippen molar-refractivity contribution in [1.82, 2.24) is 4.90 Å². The molecule has 0 saturated carbocycles. The molecular formula is C9H18NO2. The minimum Gasteiger partial charge on any atom is -0.396 e. The van der Waals surface area contributed by atoms with Gasteiger partial charge in [-0.25, -0.2) is 5.11 Å². The highest BCUT2D eigenvalue weighted by molar-refractivity contribution is 4.76. The maximum absolute atomic E-state index is 10.4. The third kappa shape index (κ3) is 2.73. The second-order valence-corrected chi connectivity index (χ2v) is 3.40. The van der Waals surface area contributed by atoms with Gasteiger partial charge in [-0.3, -0.25) is 4.90 Å². The molecule has 1 heterocycles. The first-order valence-corrected chi connectivity index (χ1v) is 4.81. The molecule has 71 valence electrons. The van der Waals surface area contributed by atoms with E-state index in [0.717, 1.165) is 19.4 Å². The van der Waals surface area contributed by atoms with Gasteiger partial charge in [0.2, 0.25) is 0 Å². The van der Waals surface area contributed by atoms with Gasteiger partial charge < -0.3 is 5.11 Å². The molecule has 0 aliphatic carbocycles. The zero-order valence-corrected chi connectivity index (χ0v) is 7.54. The molecule has 1 atom stereocenters. The van der Waals surface area contributed by atoms with Crippen LogP contribution in [0.25, 0.3) is 0 Å². The van der Waals surface area contributed by atoms with Gasteiger partial charge in [-0.1, -0.05) is 6.42 Å². The van der Waals surface area contributed by atoms with Crippen molar-refractivity contribution in [1.29, 1.82) is 0 Å². The zero-order chi connectivity index (χ0) is 8.81. The first kappa shape index (κ1) is 9.96. The fraction of sp³-hybridized carbons (Fsp3) is 1.00. The number of hydrogen-bond acceptors (Lipinski definition) is 2. The molecule has 3 nitrogen and oxygen atoms in total. The van der Waals surface area contributed by atoms with Gasteiger partial charge in [-0.15, -0.1) is 0 Å². The first-order chi connectivity index (χ1) is 5.88. The van der Waals surface area contributed by atoms with E-state index in [1.165, 1.54) is 12.8 Å². The van der Waals surface area contributed by atoms with Gasteiger partial charge in [0.25, 0.3) is 0 Å². The van der Waals surface area contributed by atoms with Crippen LogP contribution < -0.4 is 0 Å². The summed E-state index contributed by atoms with van der Waals surface area (Å²) in [7, 11) is 0. The Labute approximate surface area is 74.0 Å². The number of hydrogen-bond donors (Lipinski definition) is 1. The van der Waals surface area contributed by atoms with E-state index in [1.807, 2.05) is 0 Å². The van der Waals surface area contributed by atoms with E-state index in [-0.39, 0.29) is 13.2 Å². The SMILES string of the molecule is [O]CCN1CCCCC1CCO. The Kier molecular flexibility index (Phi) is 4.58. The molecular weight excluding hydrogens is 154 g/mol.